The Bertz CT molecular complexity index is 1230. The molecule has 1 fully saturated rings. The van der Waals surface area contributed by atoms with Crippen LogP contribution in [0.3, 0.4) is 0 Å². The third kappa shape index (κ3) is 5.19. The molecule has 2 aliphatic rings. The minimum absolute atomic E-state index is 0.00538. The second-order valence-electron chi connectivity index (χ2n) is 13.5. The Balaban J connectivity index is 1.81. The van der Waals surface area contributed by atoms with E-state index < -0.39 is 19.3 Å². The summed E-state index contributed by atoms with van der Waals surface area (Å²) in [6, 6.07) is 5.84. The molecule has 1 saturated heterocycles. The summed E-state index contributed by atoms with van der Waals surface area (Å²) in [7, 11) is -0.397. The number of nitrogens with one attached hydrogen (secondary N) is 1. The van der Waals surface area contributed by atoms with Gasteiger partial charge in [0.1, 0.15) is 11.4 Å². The molecule has 0 aliphatic carbocycles. The van der Waals surface area contributed by atoms with Gasteiger partial charge in [-0.15, -0.1) is 0 Å². The number of amides is 2. The number of ether oxygens (including phenoxy) is 2. The summed E-state index contributed by atoms with van der Waals surface area (Å²) in [4.78, 5) is 33.6. The average Bonchev–Trinajstić information content (AvgIpc) is 3.38. The Labute approximate surface area is 228 Å². The highest BCUT2D eigenvalue weighted by Crippen LogP contribution is 2.49. The number of hydrogen-bond donors (Lipinski definition) is 1. The third-order valence-corrected chi connectivity index (χ3v) is 13.1. The minimum Gasteiger partial charge on any atom is -0.497 e. The van der Waals surface area contributed by atoms with Gasteiger partial charge in [0.25, 0.3) is 0 Å². The Morgan fingerprint density at radius 3 is 2.39 bits per heavy atom. The maximum Gasteiger partial charge on any atom is 0.410 e. The number of benzene rings is 1. The van der Waals surface area contributed by atoms with Crippen LogP contribution in [0.25, 0.3) is 10.9 Å². The fourth-order valence-corrected chi connectivity index (χ4v) is 6.52. The van der Waals surface area contributed by atoms with Gasteiger partial charge in [-0.1, -0.05) is 20.8 Å². The Kier molecular flexibility index (Phi) is 7.19. The van der Waals surface area contributed by atoms with Crippen molar-refractivity contribution >= 4 is 31.2 Å². The number of hydrogen-bond acceptors (Lipinski definition) is 5. The van der Waals surface area contributed by atoms with Crippen LogP contribution in [-0.4, -0.2) is 74.1 Å². The second kappa shape index (κ2) is 9.59. The van der Waals surface area contributed by atoms with E-state index in [2.05, 4.69) is 44.9 Å². The number of H-pyrrole nitrogens is 1. The van der Waals surface area contributed by atoms with Gasteiger partial charge in [-0.2, -0.15) is 0 Å². The zero-order chi connectivity index (χ0) is 28.3. The molecule has 1 aromatic carbocycles. The first kappa shape index (κ1) is 28.5. The summed E-state index contributed by atoms with van der Waals surface area (Å²) >= 11 is 0. The molecule has 9 heteroatoms. The first-order valence-corrected chi connectivity index (χ1v) is 16.5. The van der Waals surface area contributed by atoms with Crippen LogP contribution in [0.5, 0.6) is 5.75 Å². The molecule has 0 saturated carbocycles. The first-order valence-electron chi connectivity index (χ1n) is 13.6. The number of methoxy groups -OCH3 is 1. The summed E-state index contributed by atoms with van der Waals surface area (Å²) in [6.45, 7) is 20.5. The molecule has 0 unspecified atom stereocenters. The second-order valence-corrected chi connectivity index (χ2v) is 18.3. The van der Waals surface area contributed by atoms with Crippen molar-refractivity contribution in [1.82, 2.24) is 14.8 Å². The lowest BCUT2D eigenvalue weighted by Crippen LogP contribution is -2.53. The smallest absolute Gasteiger partial charge is 0.410 e. The molecule has 38 heavy (non-hydrogen) atoms. The molecule has 2 amide bonds. The topological polar surface area (TPSA) is 84.1 Å². The maximum absolute atomic E-state index is 13.1. The molecule has 0 bridgehead atoms. The number of carbonyl (C=O) groups is 2. The van der Waals surface area contributed by atoms with Gasteiger partial charge >= 0.3 is 6.09 Å². The molecule has 4 rings (SSSR count). The number of rotatable bonds is 4. The van der Waals surface area contributed by atoms with Crippen LogP contribution in [0.1, 0.15) is 72.2 Å². The van der Waals surface area contributed by atoms with Crippen molar-refractivity contribution in [1.29, 1.82) is 0 Å². The maximum atomic E-state index is 13.1. The van der Waals surface area contributed by atoms with Crippen LogP contribution >= 0.6 is 0 Å². The van der Waals surface area contributed by atoms with Crippen molar-refractivity contribution < 1.29 is 23.5 Å². The molecule has 1 N–H and O–H groups in total. The van der Waals surface area contributed by atoms with Gasteiger partial charge in [0.05, 0.1) is 19.8 Å². The summed E-state index contributed by atoms with van der Waals surface area (Å²) in [5.41, 5.74) is 2.17. The average molecular weight is 544 g/mol. The molecule has 2 atom stereocenters. The summed E-state index contributed by atoms with van der Waals surface area (Å²) in [5, 5.41) is 1.16. The number of carbonyl (C=O) groups excluding carboxylic acids is 2. The van der Waals surface area contributed by atoms with Crippen LogP contribution in [0.15, 0.2) is 18.2 Å². The Hall–Kier alpha value is -2.52. The summed E-state index contributed by atoms with van der Waals surface area (Å²) in [5.74, 6) is 0.773. The van der Waals surface area contributed by atoms with E-state index in [1.807, 2.05) is 37.8 Å². The van der Waals surface area contributed by atoms with E-state index in [1.165, 1.54) is 5.56 Å². The zero-order valence-corrected chi connectivity index (χ0v) is 25.8. The number of fused-ring (bicyclic) bond motifs is 4. The van der Waals surface area contributed by atoms with Crippen molar-refractivity contribution in [3.63, 3.8) is 0 Å². The number of nitrogens with zero attached hydrogens (tertiary/aromatic N) is 2. The predicted octanol–water partition coefficient (Wildman–Crippen LogP) is 5.98. The molecule has 1 aromatic heterocycles. The van der Waals surface area contributed by atoms with Gasteiger partial charge in [0.15, 0.2) is 8.32 Å². The lowest BCUT2D eigenvalue weighted by Gasteiger charge is -2.46. The molecule has 0 radical (unpaired) electrons. The van der Waals surface area contributed by atoms with Crippen molar-refractivity contribution in [3.05, 3.63) is 29.5 Å². The number of likely N-dealkylation sites (tertiary alicyclic amines) is 1. The Morgan fingerprint density at radius 2 is 1.82 bits per heavy atom. The van der Waals surface area contributed by atoms with Gasteiger partial charge < -0.3 is 28.7 Å². The summed E-state index contributed by atoms with van der Waals surface area (Å²) < 4.78 is 17.9. The molecular formula is C29H45N3O5Si. The van der Waals surface area contributed by atoms with Gasteiger partial charge in [-0.05, 0) is 63.0 Å². The van der Waals surface area contributed by atoms with E-state index in [0.717, 1.165) is 28.8 Å². The van der Waals surface area contributed by atoms with Crippen molar-refractivity contribution in [2.75, 3.05) is 33.4 Å². The molecule has 2 aromatic rings. The zero-order valence-electron chi connectivity index (χ0n) is 24.8. The van der Waals surface area contributed by atoms with Crippen LogP contribution in [0, 0.1) is 0 Å². The first-order chi connectivity index (χ1) is 17.5. The fraction of sp³-hybridized carbons (Fsp3) is 0.655. The third-order valence-electron chi connectivity index (χ3n) is 8.57. The van der Waals surface area contributed by atoms with Gasteiger partial charge in [-0.3, -0.25) is 4.79 Å². The van der Waals surface area contributed by atoms with Crippen molar-refractivity contribution in [3.8, 4) is 5.75 Å². The van der Waals surface area contributed by atoms with Gasteiger partial charge in [-0.25, -0.2) is 4.79 Å². The summed E-state index contributed by atoms with van der Waals surface area (Å²) in [6.07, 6.45) is 0.438. The molecule has 3 heterocycles. The van der Waals surface area contributed by atoms with E-state index in [4.69, 9.17) is 13.9 Å². The van der Waals surface area contributed by atoms with Gasteiger partial charge in [0, 0.05) is 54.6 Å². The normalized spacial score (nSPS) is 22.2. The van der Waals surface area contributed by atoms with E-state index >= 15 is 0 Å². The van der Waals surface area contributed by atoms with E-state index in [9.17, 15) is 9.59 Å². The largest absolute Gasteiger partial charge is 0.497 e. The predicted molar refractivity (Wildman–Crippen MR) is 152 cm³/mol. The lowest BCUT2D eigenvalue weighted by atomic mass is 9.73. The van der Waals surface area contributed by atoms with Crippen molar-refractivity contribution in [2.24, 2.45) is 0 Å². The quantitative estimate of drug-likeness (QED) is 0.480. The van der Waals surface area contributed by atoms with E-state index in [-0.39, 0.29) is 23.1 Å². The van der Waals surface area contributed by atoms with Gasteiger partial charge in [0.2, 0.25) is 5.91 Å². The monoisotopic (exact) mass is 543 g/mol. The van der Waals surface area contributed by atoms with Crippen LogP contribution in [0.4, 0.5) is 4.79 Å². The molecular weight excluding hydrogens is 498 g/mol. The lowest BCUT2D eigenvalue weighted by molar-refractivity contribution is -0.134. The van der Waals surface area contributed by atoms with Crippen molar-refractivity contribution in [2.45, 2.75) is 90.1 Å². The number of aromatic amines is 1. The standard InChI is InChI=1S/C29H45N3O5Si/c1-19(33)32-18-29(13-14-31(17-29)26(34)37-27(2,3)4)24-21-12-11-20(35-8)15-22(21)30-25(24)23(32)16-36-38(9,10)28(5,6)7/h11-12,15,23,30H,13-14,16-18H2,1-10H3/t23-,29+/m0/s1. The molecule has 210 valence electrons. The fourth-order valence-electron chi connectivity index (χ4n) is 5.51. The molecule has 8 nitrogen and oxygen atoms in total. The van der Waals surface area contributed by atoms with Crippen LogP contribution in [-0.2, 0) is 19.4 Å². The van der Waals surface area contributed by atoms with E-state index in [0.29, 0.717) is 26.2 Å². The molecule has 2 aliphatic heterocycles. The van der Waals surface area contributed by atoms with E-state index in [1.54, 1.807) is 18.9 Å². The van der Waals surface area contributed by atoms with Crippen LogP contribution < -0.4 is 4.74 Å². The Morgan fingerprint density at radius 1 is 1.13 bits per heavy atom. The highest BCUT2D eigenvalue weighted by molar-refractivity contribution is 6.74. The minimum atomic E-state index is -2.06. The van der Waals surface area contributed by atoms with Crippen LogP contribution in [0.2, 0.25) is 18.1 Å². The number of aromatic nitrogens is 1. The molecule has 1 spiro atoms. The highest BCUT2D eigenvalue weighted by atomic mass is 28.4. The SMILES string of the molecule is COc1ccc2c3c([nH]c2c1)[C@H](CO[Si](C)(C)C(C)(C)C)N(C(C)=O)C[C@]31CCN(C(=O)OC(C)(C)C)C1. The highest BCUT2D eigenvalue weighted by Gasteiger charge is 2.52.